The van der Waals surface area contributed by atoms with Gasteiger partial charge in [0.25, 0.3) is 0 Å². The summed E-state index contributed by atoms with van der Waals surface area (Å²) in [5.74, 6) is 2.24. The van der Waals surface area contributed by atoms with Crippen LogP contribution in [0, 0.1) is 0 Å². The van der Waals surface area contributed by atoms with Crippen LogP contribution in [-0.4, -0.2) is 46.7 Å². The third-order valence-electron chi connectivity index (χ3n) is 5.95. The van der Waals surface area contributed by atoms with Gasteiger partial charge in [0.2, 0.25) is 5.95 Å². The number of aryl methyl sites for hydroxylation is 2. The summed E-state index contributed by atoms with van der Waals surface area (Å²) in [4.78, 5) is 15.6. The molecule has 7 nitrogen and oxygen atoms in total. The Morgan fingerprint density at radius 1 is 1.13 bits per heavy atom. The number of fused-ring (bicyclic) bond motifs is 1. The van der Waals surface area contributed by atoms with Gasteiger partial charge in [-0.2, -0.15) is 0 Å². The van der Waals surface area contributed by atoms with Gasteiger partial charge < -0.3 is 14.8 Å². The summed E-state index contributed by atoms with van der Waals surface area (Å²) in [5, 5.41) is 3.15. The highest BCUT2D eigenvalue weighted by Crippen LogP contribution is 2.32. The van der Waals surface area contributed by atoms with E-state index in [-0.39, 0.29) is 6.10 Å². The van der Waals surface area contributed by atoms with Crippen LogP contribution < -0.4 is 10.1 Å². The molecule has 0 spiro atoms. The highest BCUT2D eigenvalue weighted by atomic mass is 16.5. The number of hydrogen-bond donors (Lipinski definition) is 1. The normalized spacial score (nSPS) is 18.5. The Morgan fingerprint density at radius 2 is 1.97 bits per heavy atom. The molecule has 3 aromatic rings. The molecule has 1 saturated heterocycles. The average molecular weight is 418 g/mol. The number of anilines is 2. The van der Waals surface area contributed by atoms with E-state index >= 15 is 0 Å². The molecule has 1 aliphatic carbocycles. The van der Waals surface area contributed by atoms with Crippen LogP contribution >= 0.6 is 0 Å². The third kappa shape index (κ3) is 4.52. The topological polar surface area (TPSA) is 72.4 Å². The lowest BCUT2D eigenvalue weighted by Gasteiger charge is -2.33. The number of ether oxygens (including phenoxy) is 2. The van der Waals surface area contributed by atoms with Gasteiger partial charge in [-0.1, -0.05) is 12.1 Å². The molecule has 0 bridgehead atoms. The van der Waals surface area contributed by atoms with Crippen molar-refractivity contribution in [1.82, 2.24) is 19.9 Å². The quantitative estimate of drug-likeness (QED) is 0.656. The predicted octanol–water partition coefficient (Wildman–Crippen LogP) is 3.69. The zero-order valence-corrected chi connectivity index (χ0v) is 17.8. The summed E-state index contributed by atoms with van der Waals surface area (Å²) in [6, 6.07) is 12.3. The summed E-state index contributed by atoms with van der Waals surface area (Å²) in [5.41, 5.74) is 5.08. The molecule has 1 N–H and O–H groups in total. The van der Waals surface area contributed by atoms with Crippen molar-refractivity contribution in [1.29, 1.82) is 0 Å². The van der Waals surface area contributed by atoms with Gasteiger partial charge >= 0.3 is 0 Å². The molecule has 160 valence electrons. The van der Waals surface area contributed by atoms with E-state index < -0.39 is 0 Å². The predicted molar refractivity (Wildman–Crippen MR) is 119 cm³/mol. The standard InChI is InChI=1S/C24H27N5O2/c1-30-21-14-18-6-2-5-17(18)13-19(21)15-29-11-12-31-22(16-29)20-7-3-8-23(27-20)28-24-25-9-4-10-26-24/h3-4,7-10,13-14,22H,2,5-6,11-12,15-16H2,1H3,(H,25,26,27,28). The summed E-state index contributed by atoms with van der Waals surface area (Å²) < 4.78 is 11.8. The molecule has 3 heterocycles. The molecule has 0 radical (unpaired) electrons. The highest BCUT2D eigenvalue weighted by molar-refractivity contribution is 5.47. The average Bonchev–Trinajstić information content (AvgIpc) is 3.27. The number of hydrogen-bond acceptors (Lipinski definition) is 7. The van der Waals surface area contributed by atoms with Gasteiger partial charge in [-0.05, 0) is 54.7 Å². The van der Waals surface area contributed by atoms with E-state index in [9.17, 15) is 0 Å². The lowest BCUT2D eigenvalue weighted by Crippen LogP contribution is -2.38. The molecular weight excluding hydrogens is 390 g/mol. The van der Waals surface area contributed by atoms with E-state index in [0.29, 0.717) is 18.4 Å². The van der Waals surface area contributed by atoms with Crippen molar-refractivity contribution in [2.75, 3.05) is 32.1 Å². The van der Waals surface area contributed by atoms with Crippen molar-refractivity contribution < 1.29 is 9.47 Å². The van der Waals surface area contributed by atoms with Crippen LogP contribution in [-0.2, 0) is 24.1 Å². The highest BCUT2D eigenvalue weighted by Gasteiger charge is 2.25. The van der Waals surface area contributed by atoms with E-state index in [2.05, 4.69) is 32.3 Å². The first-order valence-electron chi connectivity index (χ1n) is 10.8. The minimum absolute atomic E-state index is 0.0763. The first-order chi connectivity index (χ1) is 15.3. The number of aromatic nitrogens is 3. The van der Waals surface area contributed by atoms with E-state index in [1.807, 2.05) is 18.2 Å². The Hall–Kier alpha value is -3.03. The molecule has 1 aliphatic heterocycles. The van der Waals surface area contributed by atoms with E-state index in [4.69, 9.17) is 14.5 Å². The van der Waals surface area contributed by atoms with Gasteiger partial charge in [-0.15, -0.1) is 0 Å². The summed E-state index contributed by atoms with van der Waals surface area (Å²) in [6.07, 6.45) is 6.91. The number of methoxy groups -OCH3 is 1. The Labute approximate surface area is 182 Å². The molecule has 1 aromatic carbocycles. The molecular formula is C24H27N5O2. The lowest BCUT2D eigenvalue weighted by atomic mass is 10.0. The van der Waals surface area contributed by atoms with Crippen LogP contribution in [0.25, 0.3) is 0 Å². The van der Waals surface area contributed by atoms with E-state index in [1.165, 1.54) is 29.5 Å². The van der Waals surface area contributed by atoms with Crippen molar-refractivity contribution in [2.24, 2.45) is 0 Å². The zero-order valence-electron chi connectivity index (χ0n) is 17.8. The maximum atomic E-state index is 6.07. The van der Waals surface area contributed by atoms with Gasteiger partial charge in [-0.3, -0.25) is 4.90 Å². The van der Waals surface area contributed by atoms with Crippen LogP contribution in [0.4, 0.5) is 11.8 Å². The SMILES string of the molecule is COc1cc2c(cc1CN1CCOC(c3cccc(Nc4ncccn4)n3)C1)CCC2. The second-order valence-corrected chi connectivity index (χ2v) is 8.03. The van der Waals surface area contributed by atoms with Crippen molar-refractivity contribution in [3.8, 4) is 5.75 Å². The lowest BCUT2D eigenvalue weighted by molar-refractivity contribution is -0.0351. The first kappa shape index (κ1) is 19.9. The molecule has 2 aromatic heterocycles. The monoisotopic (exact) mass is 417 g/mol. The molecule has 1 unspecified atom stereocenters. The smallest absolute Gasteiger partial charge is 0.228 e. The van der Waals surface area contributed by atoms with E-state index in [0.717, 1.165) is 37.5 Å². The van der Waals surface area contributed by atoms with Crippen molar-refractivity contribution >= 4 is 11.8 Å². The van der Waals surface area contributed by atoms with Crippen molar-refractivity contribution in [3.63, 3.8) is 0 Å². The zero-order chi connectivity index (χ0) is 21.0. The fourth-order valence-corrected chi connectivity index (χ4v) is 4.41. The fraction of sp³-hybridized carbons (Fsp3) is 0.375. The molecule has 5 rings (SSSR count). The van der Waals surface area contributed by atoms with Gasteiger partial charge in [0.05, 0.1) is 19.4 Å². The molecule has 31 heavy (non-hydrogen) atoms. The fourth-order valence-electron chi connectivity index (χ4n) is 4.41. The molecule has 1 atom stereocenters. The van der Waals surface area contributed by atoms with Gasteiger partial charge in [-0.25, -0.2) is 15.0 Å². The molecule has 0 amide bonds. The Balaban J connectivity index is 1.29. The number of rotatable bonds is 6. The van der Waals surface area contributed by atoms with Crippen LogP contribution in [0.1, 0.15) is 34.9 Å². The van der Waals surface area contributed by atoms with E-state index in [1.54, 1.807) is 25.6 Å². The maximum Gasteiger partial charge on any atom is 0.228 e. The largest absolute Gasteiger partial charge is 0.496 e. The van der Waals surface area contributed by atoms with Crippen LogP contribution in [0.5, 0.6) is 5.75 Å². The van der Waals surface area contributed by atoms with Gasteiger partial charge in [0, 0.05) is 37.6 Å². The summed E-state index contributed by atoms with van der Waals surface area (Å²) >= 11 is 0. The first-order valence-corrected chi connectivity index (χ1v) is 10.8. The van der Waals surface area contributed by atoms with Crippen LogP contribution in [0.15, 0.2) is 48.8 Å². The second kappa shape index (κ2) is 8.99. The minimum atomic E-state index is -0.0763. The number of pyridine rings is 1. The molecule has 7 heteroatoms. The molecule has 1 fully saturated rings. The van der Waals surface area contributed by atoms with Crippen LogP contribution in [0.3, 0.4) is 0 Å². The van der Waals surface area contributed by atoms with Crippen molar-refractivity contribution in [2.45, 2.75) is 31.9 Å². The third-order valence-corrected chi connectivity index (χ3v) is 5.95. The molecule has 0 saturated carbocycles. The second-order valence-electron chi connectivity index (χ2n) is 8.03. The maximum absolute atomic E-state index is 6.07. The Kier molecular flexibility index (Phi) is 5.78. The Morgan fingerprint density at radius 3 is 2.81 bits per heavy atom. The minimum Gasteiger partial charge on any atom is -0.496 e. The number of morpholine rings is 1. The van der Waals surface area contributed by atoms with Gasteiger partial charge in [0.1, 0.15) is 17.7 Å². The molecule has 2 aliphatic rings. The summed E-state index contributed by atoms with van der Waals surface area (Å²) in [6.45, 7) is 3.22. The summed E-state index contributed by atoms with van der Waals surface area (Å²) in [7, 11) is 1.77. The van der Waals surface area contributed by atoms with Gasteiger partial charge in [0.15, 0.2) is 0 Å². The number of nitrogens with zero attached hydrogens (tertiary/aromatic N) is 4. The Bertz CT molecular complexity index is 1040. The van der Waals surface area contributed by atoms with Crippen LogP contribution in [0.2, 0.25) is 0 Å². The number of benzene rings is 1. The number of nitrogens with one attached hydrogen (secondary N) is 1. The van der Waals surface area contributed by atoms with Crippen molar-refractivity contribution in [3.05, 3.63) is 71.2 Å².